The molecule has 1 amide bonds. The van der Waals surface area contributed by atoms with E-state index in [0.717, 1.165) is 0 Å². The van der Waals surface area contributed by atoms with Crippen LogP contribution in [0.15, 0.2) is 0 Å². The highest BCUT2D eigenvalue weighted by Gasteiger charge is 2.64. The van der Waals surface area contributed by atoms with E-state index in [2.05, 4.69) is 0 Å². The van der Waals surface area contributed by atoms with Crippen LogP contribution in [-0.2, 0) is 0 Å². The van der Waals surface area contributed by atoms with Gasteiger partial charge in [0.25, 0.3) is 3.91 Å². The van der Waals surface area contributed by atoms with E-state index in [-0.39, 0.29) is 12.8 Å². The Bertz CT molecular complexity index is 187. The fourth-order valence-corrected chi connectivity index (χ4v) is 1.31. The van der Waals surface area contributed by atoms with Crippen LogP contribution in [0.25, 0.3) is 0 Å². The molecule has 11 heavy (non-hydrogen) atoms. The van der Waals surface area contributed by atoms with Crippen molar-refractivity contribution in [2.45, 2.75) is 24.6 Å². The largest absolute Gasteiger partial charge is 0.411 e. The summed E-state index contributed by atoms with van der Waals surface area (Å²) in [5, 5.41) is 1.89. The van der Waals surface area contributed by atoms with Crippen molar-refractivity contribution in [2.75, 3.05) is 0 Å². The molecule has 1 aliphatic carbocycles. The molecule has 0 spiro atoms. The lowest BCUT2D eigenvalue weighted by atomic mass is 10.3. The van der Waals surface area contributed by atoms with Crippen LogP contribution in [-0.4, -0.2) is 15.6 Å². The highest BCUT2D eigenvalue weighted by Crippen LogP contribution is 2.49. The smallest absolute Gasteiger partial charge is 0.333 e. The van der Waals surface area contributed by atoms with E-state index in [1.807, 2.05) is 5.32 Å². The minimum Gasteiger partial charge on any atom is -0.333 e. The Labute approximate surface area is 74.7 Å². The summed E-state index contributed by atoms with van der Waals surface area (Å²) in [7, 11) is 0. The number of carbonyl (C=O) groups excluding carboxylic acids is 1. The summed E-state index contributed by atoms with van der Waals surface area (Å²) in [5.41, 5.74) is -1.90. The molecule has 0 aromatic heterocycles. The first kappa shape index (κ1) is 9.08. The van der Waals surface area contributed by atoms with Gasteiger partial charge in [0.2, 0.25) is 0 Å². The van der Waals surface area contributed by atoms with Gasteiger partial charge in [-0.25, -0.2) is 0 Å². The molecule has 1 rings (SSSR count). The van der Waals surface area contributed by atoms with E-state index in [0.29, 0.717) is 0 Å². The zero-order chi connectivity index (χ0) is 8.70. The van der Waals surface area contributed by atoms with Gasteiger partial charge >= 0.3 is 6.18 Å². The lowest BCUT2D eigenvalue weighted by molar-refractivity contribution is -0.162. The van der Waals surface area contributed by atoms with Crippen LogP contribution in [0.1, 0.15) is 12.8 Å². The lowest BCUT2D eigenvalue weighted by Gasteiger charge is -2.18. The van der Waals surface area contributed by atoms with Crippen molar-refractivity contribution in [3.63, 3.8) is 0 Å². The first-order valence-electron chi connectivity index (χ1n) is 2.92. The second-order valence-corrected chi connectivity index (χ2v) is 3.46. The van der Waals surface area contributed by atoms with Crippen molar-refractivity contribution in [3.8, 4) is 0 Å². The standard InChI is InChI=1S/C5H5F3INO/c6-5(7,8)4(1-2-4)10-3(9)11/h1-2H2,(H,10,11). The minimum atomic E-state index is -4.30. The molecule has 6 heteroatoms. The van der Waals surface area contributed by atoms with Gasteiger partial charge in [0.1, 0.15) is 5.54 Å². The Morgan fingerprint density at radius 2 is 1.91 bits per heavy atom. The molecule has 0 aliphatic heterocycles. The Morgan fingerprint density at radius 1 is 1.45 bits per heavy atom. The first-order chi connectivity index (χ1) is 4.87. The predicted octanol–water partition coefficient (Wildman–Crippen LogP) is 2.23. The maximum absolute atomic E-state index is 12.0. The minimum absolute atomic E-state index is 0.00520. The summed E-state index contributed by atoms with van der Waals surface area (Å²) in [6, 6.07) is 0. The topological polar surface area (TPSA) is 29.1 Å². The van der Waals surface area contributed by atoms with Crippen molar-refractivity contribution in [1.29, 1.82) is 0 Å². The van der Waals surface area contributed by atoms with Gasteiger partial charge in [-0.15, -0.1) is 0 Å². The number of carbonyl (C=O) groups is 1. The Hall–Kier alpha value is -0.0100. The summed E-state index contributed by atoms with van der Waals surface area (Å²) in [5.74, 6) is 0. The molecule has 0 unspecified atom stereocenters. The summed E-state index contributed by atoms with van der Waals surface area (Å²) < 4.78 is 35.5. The van der Waals surface area contributed by atoms with Crippen molar-refractivity contribution < 1.29 is 18.0 Å². The maximum Gasteiger partial charge on any atom is 0.411 e. The SMILES string of the molecule is O=C(I)NC1(C(F)(F)F)CC1. The molecule has 0 saturated heterocycles. The van der Waals surface area contributed by atoms with E-state index in [4.69, 9.17) is 0 Å². The Kier molecular flexibility index (Phi) is 2.06. The lowest BCUT2D eigenvalue weighted by Crippen LogP contribution is -2.45. The van der Waals surface area contributed by atoms with E-state index < -0.39 is 15.6 Å². The number of hydrogen-bond acceptors (Lipinski definition) is 1. The van der Waals surface area contributed by atoms with Crippen LogP contribution in [0.5, 0.6) is 0 Å². The Morgan fingerprint density at radius 3 is 2.00 bits per heavy atom. The summed E-state index contributed by atoms with van der Waals surface area (Å²) in [6.45, 7) is 0. The molecular weight excluding hydrogens is 274 g/mol. The monoisotopic (exact) mass is 279 g/mol. The molecule has 1 fully saturated rings. The van der Waals surface area contributed by atoms with Gasteiger partial charge in [-0.2, -0.15) is 13.2 Å². The van der Waals surface area contributed by atoms with Gasteiger partial charge in [0.15, 0.2) is 0 Å². The van der Waals surface area contributed by atoms with Gasteiger partial charge in [-0.05, 0) is 12.8 Å². The molecule has 0 heterocycles. The van der Waals surface area contributed by atoms with E-state index in [1.54, 1.807) is 0 Å². The number of halogens is 4. The fraction of sp³-hybridized carbons (Fsp3) is 0.800. The Balaban J connectivity index is 2.61. The molecule has 1 saturated carbocycles. The summed E-state index contributed by atoms with van der Waals surface area (Å²) in [4.78, 5) is 10.3. The molecule has 0 atom stereocenters. The van der Waals surface area contributed by atoms with Crippen LogP contribution in [0.3, 0.4) is 0 Å². The second kappa shape index (κ2) is 2.49. The zero-order valence-electron chi connectivity index (χ0n) is 5.33. The first-order valence-corrected chi connectivity index (χ1v) is 4.00. The quantitative estimate of drug-likeness (QED) is 0.445. The van der Waals surface area contributed by atoms with Gasteiger partial charge < -0.3 is 5.32 Å². The van der Waals surface area contributed by atoms with Gasteiger partial charge in [0.05, 0.1) is 0 Å². The van der Waals surface area contributed by atoms with E-state index in [1.165, 1.54) is 22.6 Å². The molecule has 64 valence electrons. The highest BCUT2D eigenvalue weighted by atomic mass is 127. The highest BCUT2D eigenvalue weighted by molar-refractivity contribution is 14.1. The molecule has 0 bridgehead atoms. The molecule has 2 nitrogen and oxygen atoms in total. The van der Waals surface area contributed by atoms with Crippen molar-refractivity contribution in [2.24, 2.45) is 0 Å². The third kappa shape index (κ3) is 1.77. The van der Waals surface area contributed by atoms with Crippen molar-refractivity contribution >= 4 is 26.5 Å². The van der Waals surface area contributed by atoms with Crippen LogP contribution < -0.4 is 5.32 Å². The summed E-state index contributed by atoms with van der Waals surface area (Å²) in [6.07, 6.45) is -4.29. The third-order valence-corrected chi connectivity index (χ3v) is 1.90. The number of alkyl halides is 3. The number of nitrogens with one attached hydrogen (secondary N) is 1. The third-order valence-electron chi connectivity index (χ3n) is 1.63. The van der Waals surface area contributed by atoms with Gasteiger partial charge in [-0.1, -0.05) is 0 Å². The predicted molar refractivity (Wildman–Crippen MR) is 40.6 cm³/mol. The second-order valence-electron chi connectivity index (χ2n) is 2.48. The maximum atomic E-state index is 12.0. The van der Waals surface area contributed by atoms with E-state index in [9.17, 15) is 18.0 Å². The van der Waals surface area contributed by atoms with Crippen molar-refractivity contribution in [3.05, 3.63) is 0 Å². The van der Waals surface area contributed by atoms with Crippen LogP contribution in [0.2, 0.25) is 0 Å². The van der Waals surface area contributed by atoms with Crippen LogP contribution >= 0.6 is 22.6 Å². The van der Waals surface area contributed by atoms with Crippen LogP contribution in [0, 0.1) is 0 Å². The van der Waals surface area contributed by atoms with Gasteiger partial charge in [0, 0.05) is 22.6 Å². The number of hydrogen-bond donors (Lipinski definition) is 1. The number of amides is 1. The average Bonchev–Trinajstić information content (AvgIpc) is 2.42. The van der Waals surface area contributed by atoms with Crippen LogP contribution in [0.4, 0.5) is 18.0 Å². The molecular formula is C5H5F3INO. The normalized spacial score (nSPS) is 21.1. The average molecular weight is 279 g/mol. The van der Waals surface area contributed by atoms with E-state index >= 15 is 0 Å². The molecule has 1 N–H and O–H groups in total. The molecule has 1 aliphatic rings. The van der Waals surface area contributed by atoms with Gasteiger partial charge in [-0.3, -0.25) is 4.79 Å². The zero-order valence-corrected chi connectivity index (χ0v) is 7.49. The molecule has 0 aromatic rings. The molecule has 0 aromatic carbocycles. The summed E-state index contributed by atoms with van der Waals surface area (Å²) >= 11 is 1.30. The molecule has 0 radical (unpaired) electrons. The fourth-order valence-electron chi connectivity index (χ4n) is 0.792. The number of rotatable bonds is 1. The van der Waals surface area contributed by atoms with Crippen molar-refractivity contribution in [1.82, 2.24) is 5.32 Å².